The number of benzene rings is 2. The monoisotopic (exact) mass is 534 g/mol. The third-order valence-corrected chi connectivity index (χ3v) is 6.23. The predicted molar refractivity (Wildman–Crippen MR) is 130 cm³/mol. The van der Waals surface area contributed by atoms with E-state index < -0.39 is 11.1 Å². The van der Waals surface area contributed by atoms with Crippen LogP contribution in [0.1, 0.15) is 35.7 Å². The molecule has 0 spiro atoms. The smallest absolute Gasteiger partial charge is 0.768 e. The van der Waals surface area contributed by atoms with E-state index >= 15 is 0 Å². The molecule has 0 aliphatic carbocycles. The Morgan fingerprint density at radius 2 is 1.83 bits per heavy atom. The van der Waals surface area contributed by atoms with Gasteiger partial charge in [-0.1, -0.05) is 24.3 Å². The first-order valence-electron chi connectivity index (χ1n) is 11.5. The zero-order valence-electron chi connectivity index (χ0n) is 20.4. The maximum atomic E-state index is 12.5. The molecule has 0 radical (unpaired) electrons. The predicted octanol–water partition coefficient (Wildman–Crippen LogP) is 0.0951. The van der Waals surface area contributed by atoms with Gasteiger partial charge in [-0.2, -0.15) is 0 Å². The first-order valence-corrected chi connectivity index (χ1v) is 12.5. The van der Waals surface area contributed by atoms with Crippen LogP contribution in [0.2, 0.25) is 0 Å². The van der Waals surface area contributed by atoms with Crippen molar-refractivity contribution in [1.29, 1.82) is 0 Å². The quantitative estimate of drug-likeness (QED) is 0.303. The Morgan fingerprint density at radius 1 is 1.14 bits per heavy atom. The molecule has 1 amide bonds. The molecule has 2 unspecified atom stereocenters. The number of hydrogen-bond donors (Lipinski definition) is 1. The van der Waals surface area contributed by atoms with Crippen molar-refractivity contribution >= 4 is 22.9 Å². The maximum absolute atomic E-state index is 12.5. The molecule has 1 aliphatic rings. The van der Waals surface area contributed by atoms with Gasteiger partial charge in [0.2, 0.25) is 5.95 Å². The van der Waals surface area contributed by atoms with E-state index in [0.29, 0.717) is 24.7 Å². The first-order chi connectivity index (χ1) is 17.0. The van der Waals surface area contributed by atoms with Crippen molar-refractivity contribution in [2.45, 2.75) is 37.3 Å². The van der Waals surface area contributed by atoms with Crippen LogP contribution in [0.15, 0.2) is 65.8 Å². The summed E-state index contributed by atoms with van der Waals surface area (Å²) in [5, 5.41) is 2.79. The minimum atomic E-state index is -2.27. The molecule has 3 aromatic rings. The molecule has 0 saturated carbocycles. The summed E-state index contributed by atoms with van der Waals surface area (Å²) in [6, 6.07) is 14.0. The molecule has 1 fully saturated rings. The van der Waals surface area contributed by atoms with Crippen LogP contribution < -0.4 is 71.1 Å². The number of piperidine rings is 1. The minimum Gasteiger partial charge on any atom is -0.768 e. The molecular weight excluding hydrogens is 507 g/mol. The number of hydrogen-bond acceptors (Lipinski definition) is 8. The van der Waals surface area contributed by atoms with E-state index in [0.717, 1.165) is 36.4 Å². The van der Waals surface area contributed by atoms with E-state index in [1.165, 1.54) is 24.5 Å². The van der Waals surface area contributed by atoms with Crippen LogP contribution in [0, 0.1) is 0 Å². The van der Waals surface area contributed by atoms with E-state index in [1.54, 1.807) is 12.1 Å². The molecule has 2 atom stereocenters. The fourth-order valence-electron chi connectivity index (χ4n) is 3.82. The number of amides is 1. The minimum absolute atomic E-state index is 0. The van der Waals surface area contributed by atoms with Gasteiger partial charge >= 0.3 is 51.4 Å². The summed E-state index contributed by atoms with van der Waals surface area (Å²) in [6.07, 6.45) is 4.85. The molecule has 1 saturated heterocycles. The molecule has 184 valence electrons. The summed E-state index contributed by atoms with van der Waals surface area (Å²) in [4.78, 5) is 23.6. The van der Waals surface area contributed by atoms with Gasteiger partial charge in [0.1, 0.15) is 6.10 Å². The zero-order chi connectivity index (χ0) is 24.6. The average molecular weight is 535 g/mol. The van der Waals surface area contributed by atoms with E-state index in [4.69, 9.17) is 9.47 Å². The fraction of sp³-hybridized carbons (Fsp3) is 0.320. The number of aromatic nitrogens is 2. The van der Waals surface area contributed by atoms with Gasteiger partial charge in [-0.3, -0.25) is 9.00 Å². The Labute approximate surface area is 255 Å². The molecule has 2 aromatic carbocycles. The molecule has 1 aliphatic heterocycles. The van der Waals surface area contributed by atoms with Gasteiger partial charge in [-0.15, -0.1) is 0 Å². The van der Waals surface area contributed by atoms with Crippen LogP contribution in [-0.2, 0) is 17.6 Å². The van der Waals surface area contributed by atoms with Gasteiger partial charge in [0.15, 0.2) is 11.5 Å². The normalized spacial score (nSPS) is 15.9. The van der Waals surface area contributed by atoms with Crippen molar-refractivity contribution in [2.24, 2.45) is 0 Å². The molecule has 36 heavy (non-hydrogen) atoms. The van der Waals surface area contributed by atoms with Crippen LogP contribution >= 0.6 is 0 Å². The second kappa shape index (κ2) is 14.2. The number of carbonyl (C=O) groups excluding carboxylic acids is 1. The third kappa shape index (κ3) is 7.82. The van der Waals surface area contributed by atoms with Gasteiger partial charge in [-0.25, -0.2) is 9.97 Å². The van der Waals surface area contributed by atoms with Gasteiger partial charge in [0, 0.05) is 30.4 Å². The van der Waals surface area contributed by atoms with E-state index in [-0.39, 0.29) is 74.8 Å². The van der Waals surface area contributed by atoms with Crippen molar-refractivity contribution in [3.8, 4) is 11.5 Å². The SMILES string of the molecule is CCOc1ccccc1OC1CCCN(c2ncc(C(=O)NCc3ccc(S(=O)[O-])cc3)cn2)C1.[K+]. The Balaban J connectivity index is 0.00000361. The zero-order valence-corrected chi connectivity index (χ0v) is 24.3. The Morgan fingerprint density at radius 3 is 2.50 bits per heavy atom. The van der Waals surface area contributed by atoms with Crippen LogP contribution in [0.5, 0.6) is 11.5 Å². The molecule has 2 heterocycles. The van der Waals surface area contributed by atoms with Gasteiger partial charge in [0.05, 0.1) is 18.7 Å². The number of rotatable bonds is 9. The van der Waals surface area contributed by atoms with Crippen molar-refractivity contribution in [3.05, 3.63) is 72.1 Å². The number of nitrogens with zero attached hydrogens (tertiary/aromatic N) is 3. The first kappa shape index (κ1) is 28.7. The summed E-state index contributed by atoms with van der Waals surface area (Å²) in [6.45, 7) is 4.22. The van der Waals surface area contributed by atoms with E-state index in [9.17, 15) is 13.6 Å². The summed E-state index contributed by atoms with van der Waals surface area (Å²) < 4.78 is 33.8. The largest absolute Gasteiger partial charge is 1.00 e. The van der Waals surface area contributed by atoms with E-state index in [2.05, 4.69) is 20.2 Å². The molecule has 1 aromatic heterocycles. The third-order valence-electron chi connectivity index (χ3n) is 5.57. The molecule has 0 bridgehead atoms. The fourth-order valence-corrected chi connectivity index (χ4v) is 4.18. The second-order valence-electron chi connectivity index (χ2n) is 8.04. The topological polar surface area (TPSA) is 117 Å². The van der Waals surface area contributed by atoms with Gasteiger partial charge in [-0.05, 0) is 60.7 Å². The van der Waals surface area contributed by atoms with Crippen molar-refractivity contribution in [2.75, 3.05) is 24.6 Å². The van der Waals surface area contributed by atoms with Crippen LogP contribution in [0.4, 0.5) is 5.95 Å². The summed E-state index contributed by atoms with van der Waals surface area (Å²) in [5.41, 5.74) is 1.14. The summed E-state index contributed by atoms with van der Waals surface area (Å²) in [5.74, 6) is 1.70. The Kier molecular flexibility index (Phi) is 11.3. The van der Waals surface area contributed by atoms with Crippen LogP contribution in [-0.4, -0.2) is 50.4 Å². The van der Waals surface area contributed by atoms with Crippen LogP contribution in [0.25, 0.3) is 0 Å². The van der Waals surface area contributed by atoms with Crippen molar-refractivity contribution < 1.29 is 74.4 Å². The molecule has 11 heteroatoms. The molecule has 9 nitrogen and oxygen atoms in total. The second-order valence-corrected chi connectivity index (χ2v) is 8.98. The molecular formula is C25H27KN4O5S. The molecule has 4 rings (SSSR count). The average Bonchev–Trinajstić information content (AvgIpc) is 2.89. The number of ether oxygens (including phenoxy) is 2. The summed E-state index contributed by atoms with van der Waals surface area (Å²) >= 11 is -2.27. The summed E-state index contributed by atoms with van der Waals surface area (Å²) in [7, 11) is 0. The van der Waals surface area contributed by atoms with Crippen LogP contribution in [0.3, 0.4) is 0 Å². The number of carbonyl (C=O) groups is 1. The van der Waals surface area contributed by atoms with Crippen molar-refractivity contribution in [3.63, 3.8) is 0 Å². The maximum Gasteiger partial charge on any atom is 1.00 e. The van der Waals surface area contributed by atoms with Gasteiger partial charge in [0.25, 0.3) is 5.91 Å². The Hall–Kier alpha value is -1.86. The number of nitrogens with one attached hydrogen (secondary N) is 1. The molecule has 1 N–H and O–H groups in total. The van der Waals surface area contributed by atoms with Crippen molar-refractivity contribution in [1.82, 2.24) is 15.3 Å². The number of para-hydroxylation sites is 2. The standard InChI is InChI=1S/C25H28N4O5S.K/c1-2-33-22-7-3-4-8-23(22)34-20-6-5-13-29(17-20)25-27-15-19(16-28-25)24(30)26-14-18-9-11-21(12-10-18)35(31)32;/h3-4,7-12,15-16,20H,2,5-6,13-14,17H2,1H3,(H,26,30)(H,31,32);/q;+1/p-1. The van der Waals surface area contributed by atoms with E-state index in [1.807, 2.05) is 31.2 Å². The Bertz CT molecular complexity index is 1160. The number of anilines is 1. The van der Waals surface area contributed by atoms with Gasteiger partial charge < -0.3 is 24.2 Å².